The van der Waals surface area contributed by atoms with Gasteiger partial charge in [0.2, 0.25) is 11.7 Å². The summed E-state index contributed by atoms with van der Waals surface area (Å²) >= 11 is 0. The monoisotopic (exact) mass is 496 g/mol. The van der Waals surface area contributed by atoms with Crippen LogP contribution in [-0.4, -0.2) is 81.1 Å². The summed E-state index contributed by atoms with van der Waals surface area (Å²) < 4.78 is 16.7. The predicted molar refractivity (Wildman–Crippen MR) is 126 cm³/mol. The zero-order valence-corrected chi connectivity index (χ0v) is 20.3. The largest absolute Gasteiger partial charge is 0.497 e. The Morgan fingerprint density at radius 2 is 1.94 bits per heavy atom. The van der Waals surface area contributed by atoms with E-state index >= 15 is 0 Å². The number of aromatic nitrogens is 6. The molecule has 0 unspecified atom stereocenters. The molecular formula is C23H28N8O5. The lowest BCUT2D eigenvalue weighted by molar-refractivity contribution is -0.140. The lowest BCUT2D eigenvalue weighted by Crippen LogP contribution is -2.43. The van der Waals surface area contributed by atoms with Crippen molar-refractivity contribution in [2.45, 2.75) is 39.1 Å². The Kier molecular flexibility index (Phi) is 8.13. The third-order valence-corrected chi connectivity index (χ3v) is 5.32. The lowest BCUT2D eigenvalue weighted by Gasteiger charge is -2.29. The van der Waals surface area contributed by atoms with Gasteiger partial charge in [0.1, 0.15) is 29.1 Å². The molecule has 4 rings (SSSR count). The molecule has 2 atom stereocenters. The van der Waals surface area contributed by atoms with Crippen LogP contribution >= 0.6 is 0 Å². The van der Waals surface area contributed by atoms with Crippen LogP contribution in [-0.2, 0) is 27.4 Å². The molecule has 0 bridgehead atoms. The smallest absolute Gasteiger partial charge is 0.270 e. The molecular weight excluding hydrogens is 468 g/mol. The maximum atomic E-state index is 12.7. The van der Waals surface area contributed by atoms with E-state index in [1.165, 1.54) is 17.8 Å². The third-order valence-electron chi connectivity index (χ3n) is 5.32. The molecule has 36 heavy (non-hydrogen) atoms. The topological polar surface area (TPSA) is 155 Å². The van der Waals surface area contributed by atoms with Crippen LogP contribution in [0.2, 0.25) is 0 Å². The van der Waals surface area contributed by atoms with E-state index in [1.807, 2.05) is 24.3 Å². The van der Waals surface area contributed by atoms with E-state index in [-0.39, 0.29) is 35.5 Å². The number of aryl methyl sites for hydroxylation is 1. The second-order valence-electron chi connectivity index (χ2n) is 8.24. The quantitative estimate of drug-likeness (QED) is 0.422. The van der Waals surface area contributed by atoms with Gasteiger partial charge in [-0.15, -0.1) is 10.2 Å². The van der Waals surface area contributed by atoms with Gasteiger partial charge in [-0.05, 0) is 35.9 Å². The van der Waals surface area contributed by atoms with E-state index in [4.69, 9.17) is 14.2 Å². The molecule has 1 aromatic carbocycles. The Bertz CT molecular complexity index is 1210. The number of carbonyl (C=O) groups excluding carboxylic acids is 2. The van der Waals surface area contributed by atoms with E-state index in [0.717, 1.165) is 5.56 Å². The molecule has 0 radical (unpaired) electrons. The van der Waals surface area contributed by atoms with Crippen LogP contribution in [0.15, 0.2) is 30.3 Å². The van der Waals surface area contributed by atoms with Gasteiger partial charge in [-0.3, -0.25) is 9.59 Å². The minimum atomic E-state index is -0.349. The maximum absolute atomic E-state index is 12.7. The normalized spacial score (nSPS) is 17.4. The van der Waals surface area contributed by atoms with Crippen LogP contribution in [0.4, 0.5) is 0 Å². The third kappa shape index (κ3) is 6.79. The minimum Gasteiger partial charge on any atom is -0.497 e. The van der Waals surface area contributed by atoms with Crippen molar-refractivity contribution in [3.63, 3.8) is 0 Å². The Hall–Kier alpha value is -3.97. The first-order valence-corrected chi connectivity index (χ1v) is 11.4. The van der Waals surface area contributed by atoms with Gasteiger partial charge >= 0.3 is 0 Å². The molecule has 0 spiro atoms. The molecule has 190 valence electrons. The number of tetrazole rings is 1. The number of hydrogen-bond donors (Lipinski definition) is 2. The van der Waals surface area contributed by atoms with Crippen molar-refractivity contribution in [2.75, 3.05) is 26.9 Å². The molecule has 0 aliphatic carbocycles. The van der Waals surface area contributed by atoms with Crippen LogP contribution in [0, 0.1) is 6.92 Å². The molecule has 2 amide bonds. The van der Waals surface area contributed by atoms with Gasteiger partial charge in [0.05, 0.1) is 33.0 Å². The van der Waals surface area contributed by atoms with Crippen molar-refractivity contribution >= 4 is 11.8 Å². The summed E-state index contributed by atoms with van der Waals surface area (Å²) in [6, 6.07) is 8.97. The summed E-state index contributed by atoms with van der Waals surface area (Å²) in [5.41, 5.74) is 1.48. The van der Waals surface area contributed by atoms with E-state index in [0.29, 0.717) is 50.1 Å². The molecule has 0 saturated carbocycles. The SMILES string of the molecule is COc1cccc(CNC(=O)c2cc(-c3nnn(C[C@H]4CO[C@H](CNC(C)=O)CO4)n3)nc(C)n2)c1. The molecule has 1 saturated heterocycles. The molecule has 2 N–H and O–H groups in total. The number of methoxy groups -OCH3 is 1. The molecule has 13 nitrogen and oxygen atoms in total. The van der Waals surface area contributed by atoms with Crippen LogP contribution in [0.25, 0.3) is 11.5 Å². The number of rotatable bonds is 9. The summed E-state index contributed by atoms with van der Waals surface area (Å²) in [5.74, 6) is 0.925. The van der Waals surface area contributed by atoms with Crippen LogP contribution in [0.3, 0.4) is 0 Å². The number of nitrogens with zero attached hydrogens (tertiary/aromatic N) is 6. The molecule has 1 aliphatic heterocycles. The number of benzene rings is 1. The predicted octanol–water partition coefficient (Wildman–Crippen LogP) is 0.297. The number of nitrogens with one attached hydrogen (secondary N) is 2. The van der Waals surface area contributed by atoms with Gasteiger partial charge in [0.15, 0.2) is 0 Å². The summed E-state index contributed by atoms with van der Waals surface area (Å²) in [6.07, 6.45) is -0.451. The summed E-state index contributed by atoms with van der Waals surface area (Å²) in [6.45, 7) is 4.89. The van der Waals surface area contributed by atoms with Gasteiger partial charge in [-0.2, -0.15) is 4.80 Å². The minimum absolute atomic E-state index is 0.113. The fourth-order valence-corrected chi connectivity index (χ4v) is 3.52. The van der Waals surface area contributed by atoms with E-state index in [1.54, 1.807) is 14.0 Å². The van der Waals surface area contributed by atoms with Gasteiger partial charge in [0, 0.05) is 20.0 Å². The Morgan fingerprint density at radius 3 is 2.69 bits per heavy atom. The van der Waals surface area contributed by atoms with Crippen LogP contribution < -0.4 is 15.4 Å². The second kappa shape index (κ2) is 11.6. The van der Waals surface area contributed by atoms with E-state index < -0.39 is 0 Å². The van der Waals surface area contributed by atoms with Gasteiger partial charge < -0.3 is 24.8 Å². The van der Waals surface area contributed by atoms with Crippen molar-refractivity contribution in [3.8, 4) is 17.3 Å². The van der Waals surface area contributed by atoms with Crippen molar-refractivity contribution in [1.82, 2.24) is 40.8 Å². The molecule has 3 heterocycles. The molecule has 13 heteroatoms. The highest BCUT2D eigenvalue weighted by molar-refractivity contribution is 5.93. The van der Waals surface area contributed by atoms with Gasteiger partial charge in [-0.1, -0.05) is 12.1 Å². The van der Waals surface area contributed by atoms with Crippen LogP contribution in [0.1, 0.15) is 28.8 Å². The van der Waals surface area contributed by atoms with Crippen LogP contribution in [0.5, 0.6) is 5.75 Å². The molecule has 3 aromatic rings. The Balaban J connectivity index is 1.35. The zero-order chi connectivity index (χ0) is 25.5. The van der Waals surface area contributed by atoms with E-state index in [2.05, 4.69) is 36.0 Å². The number of hydrogen-bond acceptors (Lipinski definition) is 10. The lowest BCUT2D eigenvalue weighted by atomic mass is 10.2. The fraction of sp³-hybridized carbons (Fsp3) is 0.435. The van der Waals surface area contributed by atoms with Crippen molar-refractivity contribution in [2.24, 2.45) is 0 Å². The number of carbonyl (C=O) groups is 2. The summed E-state index contributed by atoms with van der Waals surface area (Å²) in [4.78, 5) is 33.8. The summed E-state index contributed by atoms with van der Waals surface area (Å²) in [5, 5.41) is 18.1. The highest BCUT2D eigenvalue weighted by atomic mass is 16.6. The van der Waals surface area contributed by atoms with Crippen molar-refractivity contribution in [1.29, 1.82) is 0 Å². The first kappa shape index (κ1) is 25.1. The van der Waals surface area contributed by atoms with Gasteiger partial charge in [-0.25, -0.2) is 9.97 Å². The maximum Gasteiger partial charge on any atom is 0.270 e. The van der Waals surface area contributed by atoms with Crippen molar-refractivity contribution in [3.05, 3.63) is 47.4 Å². The zero-order valence-electron chi connectivity index (χ0n) is 20.3. The van der Waals surface area contributed by atoms with E-state index in [9.17, 15) is 9.59 Å². The number of amides is 2. The fourth-order valence-electron chi connectivity index (χ4n) is 3.52. The summed E-state index contributed by atoms with van der Waals surface area (Å²) in [7, 11) is 1.59. The molecule has 1 aliphatic rings. The Morgan fingerprint density at radius 1 is 1.14 bits per heavy atom. The first-order valence-electron chi connectivity index (χ1n) is 11.4. The highest BCUT2D eigenvalue weighted by Crippen LogP contribution is 2.15. The Labute approximate surface area is 207 Å². The van der Waals surface area contributed by atoms with Crippen molar-refractivity contribution < 1.29 is 23.8 Å². The first-order chi connectivity index (χ1) is 17.4. The molecule has 1 fully saturated rings. The second-order valence-corrected chi connectivity index (χ2v) is 8.24. The average Bonchev–Trinajstić information content (AvgIpc) is 3.35. The van der Waals surface area contributed by atoms with Gasteiger partial charge in [0.25, 0.3) is 5.91 Å². The standard InChI is InChI=1S/C23H28N8O5/c1-14-26-20(8-21(27-14)23(33)25-9-16-5-4-6-17(7-16)34-3)22-28-30-31(29-22)11-19-13-35-18(12-36-19)10-24-15(2)32/h4-8,18-19H,9-13H2,1-3H3,(H,24,32)(H,25,33)/t18-,19+/m1/s1. The number of ether oxygens (including phenoxy) is 3. The highest BCUT2D eigenvalue weighted by Gasteiger charge is 2.24. The molecule has 2 aromatic heterocycles. The average molecular weight is 497 g/mol.